The molecule has 3 atom stereocenters. The van der Waals surface area contributed by atoms with E-state index in [9.17, 15) is 0 Å². The maximum atomic E-state index is 6.73. The summed E-state index contributed by atoms with van der Waals surface area (Å²) in [5.41, 5.74) is 11.6. The van der Waals surface area contributed by atoms with E-state index in [1.54, 1.807) is 7.11 Å². The van der Waals surface area contributed by atoms with Gasteiger partial charge in [-0.15, -0.1) is 0 Å². The summed E-state index contributed by atoms with van der Waals surface area (Å²) >= 11 is 0. The molecule has 0 saturated heterocycles. The maximum Gasteiger partial charge on any atom is 0.131 e. The Morgan fingerprint density at radius 3 is 2.72 bits per heavy atom. The second-order valence-electron chi connectivity index (χ2n) is 7.14. The van der Waals surface area contributed by atoms with Gasteiger partial charge in [-0.05, 0) is 49.4 Å². The van der Waals surface area contributed by atoms with Gasteiger partial charge in [0.05, 0.1) is 13.2 Å². The average Bonchev–Trinajstić information content (AvgIpc) is 2.77. The Labute approximate surface area is 149 Å². The molecule has 130 valence electrons. The molecule has 4 rings (SSSR count). The first kappa shape index (κ1) is 16.2. The lowest BCUT2D eigenvalue weighted by Crippen LogP contribution is -2.38. The molecule has 2 aromatic rings. The van der Waals surface area contributed by atoms with Gasteiger partial charge in [-0.25, -0.2) is 0 Å². The van der Waals surface area contributed by atoms with Crippen molar-refractivity contribution < 1.29 is 9.47 Å². The van der Waals surface area contributed by atoms with E-state index < -0.39 is 0 Å². The van der Waals surface area contributed by atoms with Gasteiger partial charge in [-0.2, -0.15) is 0 Å². The number of hydrogen-bond acceptors (Lipinski definition) is 3. The molecule has 0 radical (unpaired) electrons. The fraction of sp³-hybridized carbons (Fsp3) is 0.364. The second kappa shape index (κ2) is 6.57. The van der Waals surface area contributed by atoms with Gasteiger partial charge in [-0.3, -0.25) is 0 Å². The molecule has 1 heterocycles. The number of methoxy groups -OCH3 is 1. The first-order valence-corrected chi connectivity index (χ1v) is 9.02. The summed E-state index contributed by atoms with van der Waals surface area (Å²) in [5, 5.41) is 0. The van der Waals surface area contributed by atoms with Gasteiger partial charge in [-0.1, -0.05) is 35.9 Å². The normalized spacial score (nSPS) is 25.1. The highest BCUT2D eigenvalue weighted by atomic mass is 16.5. The Kier molecular flexibility index (Phi) is 4.26. The van der Waals surface area contributed by atoms with Crippen LogP contribution < -0.4 is 15.2 Å². The highest BCUT2D eigenvalue weighted by Gasteiger charge is 2.35. The van der Waals surface area contributed by atoms with Gasteiger partial charge in [0.25, 0.3) is 0 Å². The smallest absolute Gasteiger partial charge is 0.131 e. The molecule has 3 unspecified atom stereocenters. The quantitative estimate of drug-likeness (QED) is 0.796. The lowest BCUT2D eigenvalue weighted by atomic mass is 9.81. The van der Waals surface area contributed by atoms with Crippen LogP contribution in [0.25, 0.3) is 11.1 Å². The van der Waals surface area contributed by atoms with Crippen LogP contribution in [0.5, 0.6) is 11.5 Å². The Hall–Kier alpha value is -2.26. The fourth-order valence-corrected chi connectivity index (χ4v) is 4.05. The third kappa shape index (κ3) is 2.93. The van der Waals surface area contributed by atoms with Crippen molar-refractivity contribution in [2.24, 2.45) is 11.7 Å². The first-order chi connectivity index (χ1) is 12.2. The standard InChI is InChI=1S/C22H25NO2/c1-14-7-9-15(10-8-14)22-21(23)19-6-4-3-5-17(19)18-12-11-16(24-2)13-20(18)25-22/h3-7,11-13,15,21-22H,8-10,23H2,1-2H3. The van der Waals surface area contributed by atoms with E-state index in [1.807, 2.05) is 12.1 Å². The van der Waals surface area contributed by atoms with Gasteiger partial charge in [0, 0.05) is 17.5 Å². The number of nitrogens with two attached hydrogens (primary N) is 1. The highest BCUT2D eigenvalue weighted by molar-refractivity contribution is 5.75. The number of benzene rings is 2. The van der Waals surface area contributed by atoms with Crippen molar-refractivity contribution in [3.8, 4) is 22.6 Å². The van der Waals surface area contributed by atoms with E-state index >= 15 is 0 Å². The molecule has 2 N–H and O–H groups in total. The van der Waals surface area contributed by atoms with Crippen LogP contribution in [0.1, 0.15) is 37.8 Å². The summed E-state index contributed by atoms with van der Waals surface area (Å²) in [5.74, 6) is 2.12. The molecule has 0 amide bonds. The summed E-state index contributed by atoms with van der Waals surface area (Å²) in [6.07, 6.45) is 5.60. The van der Waals surface area contributed by atoms with Crippen molar-refractivity contribution in [1.82, 2.24) is 0 Å². The lowest BCUT2D eigenvalue weighted by Gasteiger charge is -2.33. The minimum atomic E-state index is -0.133. The monoisotopic (exact) mass is 335 g/mol. The topological polar surface area (TPSA) is 44.5 Å². The summed E-state index contributed by atoms with van der Waals surface area (Å²) in [6, 6.07) is 14.3. The Morgan fingerprint density at radius 1 is 1.12 bits per heavy atom. The Morgan fingerprint density at radius 2 is 1.96 bits per heavy atom. The lowest BCUT2D eigenvalue weighted by molar-refractivity contribution is 0.102. The molecule has 0 bridgehead atoms. The zero-order chi connectivity index (χ0) is 17.4. The van der Waals surface area contributed by atoms with Gasteiger partial charge < -0.3 is 15.2 Å². The van der Waals surface area contributed by atoms with Crippen LogP contribution in [0.2, 0.25) is 0 Å². The Bertz CT molecular complexity index is 811. The highest BCUT2D eigenvalue weighted by Crippen LogP contribution is 2.44. The van der Waals surface area contributed by atoms with Crippen LogP contribution >= 0.6 is 0 Å². The van der Waals surface area contributed by atoms with Crippen molar-refractivity contribution in [2.45, 2.75) is 38.3 Å². The van der Waals surface area contributed by atoms with Crippen LogP contribution in [-0.4, -0.2) is 13.2 Å². The van der Waals surface area contributed by atoms with E-state index in [1.165, 1.54) is 11.1 Å². The molecule has 0 saturated carbocycles. The summed E-state index contributed by atoms with van der Waals surface area (Å²) in [6.45, 7) is 2.21. The van der Waals surface area contributed by atoms with Gasteiger partial charge in [0.15, 0.2) is 0 Å². The minimum absolute atomic E-state index is 0.0288. The maximum absolute atomic E-state index is 6.73. The molecule has 0 spiro atoms. The van der Waals surface area contributed by atoms with Crippen LogP contribution in [0.3, 0.4) is 0 Å². The predicted octanol–water partition coefficient (Wildman–Crippen LogP) is 4.87. The average molecular weight is 335 g/mol. The van der Waals surface area contributed by atoms with Gasteiger partial charge in [0.1, 0.15) is 17.6 Å². The van der Waals surface area contributed by atoms with Crippen molar-refractivity contribution in [3.63, 3.8) is 0 Å². The predicted molar refractivity (Wildman–Crippen MR) is 101 cm³/mol. The van der Waals surface area contributed by atoms with Crippen LogP contribution in [0.15, 0.2) is 54.1 Å². The molecule has 0 fully saturated rings. The summed E-state index contributed by atoms with van der Waals surface area (Å²) < 4.78 is 11.9. The number of hydrogen-bond donors (Lipinski definition) is 1. The summed E-state index contributed by atoms with van der Waals surface area (Å²) in [7, 11) is 1.68. The van der Waals surface area contributed by atoms with E-state index in [0.717, 1.165) is 41.9 Å². The molecule has 2 aliphatic rings. The third-order valence-corrected chi connectivity index (χ3v) is 5.56. The number of allylic oxidation sites excluding steroid dienone is 2. The molecular weight excluding hydrogens is 310 g/mol. The van der Waals surface area contributed by atoms with Crippen LogP contribution in [0, 0.1) is 5.92 Å². The van der Waals surface area contributed by atoms with Gasteiger partial charge in [0.2, 0.25) is 0 Å². The zero-order valence-electron chi connectivity index (χ0n) is 14.9. The van der Waals surface area contributed by atoms with Gasteiger partial charge >= 0.3 is 0 Å². The molecule has 1 aliphatic heterocycles. The van der Waals surface area contributed by atoms with Crippen LogP contribution in [-0.2, 0) is 0 Å². The Balaban J connectivity index is 1.81. The molecular formula is C22H25NO2. The number of rotatable bonds is 2. The molecule has 3 heteroatoms. The van der Waals surface area contributed by atoms with E-state index in [0.29, 0.717) is 5.92 Å². The molecule has 1 aliphatic carbocycles. The molecule has 2 aromatic carbocycles. The fourth-order valence-electron chi connectivity index (χ4n) is 4.05. The number of ether oxygens (including phenoxy) is 2. The second-order valence-corrected chi connectivity index (χ2v) is 7.14. The van der Waals surface area contributed by atoms with E-state index in [4.69, 9.17) is 15.2 Å². The third-order valence-electron chi connectivity index (χ3n) is 5.56. The first-order valence-electron chi connectivity index (χ1n) is 9.02. The van der Waals surface area contributed by atoms with E-state index in [2.05, 4.69) is 43.3 Å². The SMILES string of the molecule is COc1ccc2c(c1)OC(C1CC=C(C)CC1)C(N)c1ccccc1-2. The molecule has 3 nitrogen and oxygen atoms in total. The van der Waals surface area contributed by atoms with Crippen LogP contribution in [0.4, 0.5) is 0 Å². The van der Waals surface area contributed by atoms with Crippen molar-refractivity contribution in [3.05, 3.63) is 59.7 Å². The molecule has 25 heavy (non-hydrogen) atoms. The van der Waals surface area contributed by atoms with E-state index in [-0.39, 0.29) is 12.1 Å². The van der Waals surface area contributed by atoms with Crippen molar-refractivity contribution >= 4 is 0 Å². The summed E-state index contributed by atoms with van der Waals surface area (Å²) in [4.78, 5) is 0. The minimum Gasteiger partial charge on any atom is -0.497 e. The van der Waals surface area contributed by atoms with Crippen molar-refractivity contribution in [2.75, 3.05) is 7.11 Å². The number of fused-ring (bicyclic) bond motifs is 3. The largest absolute Gasteiger partial charge is 0.497 e. The van der Waals surface area contributed by atoms with Crippen molar-refractivity contribution in [1.29, 1.82) is 0 Å². The molecule has 0 aromatic heterocycles. The zero-order valence-corrected chi connectivity index (χ0v) is 14.9.